The lowest BCUT2D eigenvalue weighted by Crippen LogP contribution is -2.31. The molecule has 5 aromatic rings. The fourth-order valence-corrected chi connectivity index (χ4v) is 7.19. The molecule has 4 aliphatic rings. The number of hydrogen-bond acceptors (Lipinski definition) is 7. The molecule has 4 aliphatic heterocycles. The van der Waals surface area contributed by atoms with Gasteiger partial charge in [0.1, 0.15) is 35.0 Å². The van der Waals surface area contributed by atoms with Crippen LogP contribution in [0.3, 0.4) is 0 Å². The molecule has 210 valence electrons. The molecular formula is C35H30N8. The summed E-state index contributed by atoms with van der Waals surface area (Å²) >= 11 is 0. The summed E-state index contributed by atoms with van der Waals surface area (Å²) in [4.78, 5) is 26.1. The number of fused-ring (bicyclic) bond motifs is 20. The maximum Gasteiger partial charge on any atom is 0.151 e. The van der Waals surface area contributed by atoms with Crippen LogP contribution in [0, 0.1) is 0 Å². The van der Waals surface area contributed by atoms with Gasteiger partial charge in [0, 0.05) is 54.2 Å². The van der Waals surface area contributed by atoms with E-state index in [2.05, 4.69) is 138 Å². The van der Waals surface area contributed by atoms with Gasteiger partial charge in [0.2, 0.25) is 0 Å². The molecule has 0 saturated carbocycles. The molecule has 0 radical (unpaired) electrons. The maximum atomic E-state index is 5.45. The second-order valence-corrected chi connectivity index (χ2v) is 11.7. The van der Waals surface area contributed by atoms with Crippen molar-refractivity contribution in [3.8, 4) is 0 Å². The molecule has 0 amide bonds. The minimum absolute atomic E-state index is 0.223. The summed E-state index contributed by atoms with van der Waals surface area (Å²) in [6.07, 6.45) is -0.931. The molecule has 1 aromatic heterocycles. The Morgan fingerprint density at radius 1 is 0.488 bits per heavy atom. The number of nitrogens with zero attached hydrogens (tertiary/aromatic N) is 7. The van der Waals surface area contributed by atoms with Crippen molar-refractivity contribution in [3.05, 3.63) is 141 Å². The Morgan fingerprint density at radius 3 is 1.35 bits per heavy atom. The molecule has 8 bridgehead atoms. The van der Waals surface area contributed by atoms with Gasteiger partial charge in [-0.2, -0.15) is 0 Å². The summed E-state index contributed by atoms with van der Waals surface area (Å²) in [6.45, 7) is 0. The zero-order chi connectivity index (χ0) is 28.8. The van der Waals surface area contributed by atoms with Gasteiger partial charge in [0.05, 0.1) is 0 Å². The van der Waals surface area contributed by atoms with E-state index in [1.54, 1.807) is 0 Å². The van der Waals surface area contributed by atoms with Crippen LogP contribution in [0.4, 0.5) is 0 Å². The number of hydrogen-bond donors (Lipinski definition) is 1. The van der Waals surface area contributed by atoms with Gasteiger partial charge in [-0.15, -0.1) is 0 Å². The van der Waals surface area contributed by atoms with Gasteiger partial charge in [0.25, 0.3) is 0 Å². The van der Waals surface area contributed by atoms with Crippen LogP contribution in [0.5, 0.6) is 0 Å². The van der Waals surface area contributed by atoms with Crippen LogP contribution in [0.1, 0.15) is 58.0 Å². The average molecular weight is 563 g/mol. The first-order valence-electron chi connectivity index (χ1n) is 14.7. The summed E-state index contributed by atoms with van der Waals surface area (Å²) in [5.41, 5.74) is 8.60. The Bertz CT molecular complexity index is 2010. The highest BCUT2D eigenvalue weighted by atomic mass is 15.3. The van der Waals surface area contributed by atoms with Crippen molar-refractivity contribution < 1.29 is 0 Å². The lowest BCUT2D eigenvalue weighted by molar-refractivity contribution is 0.384. The van der Waals surface area contributed by atoms with E-state index in [9.17, 15) is 0 Å². The lowest BCUT2D eigenvalue weighted by atomic mass is 10.1. The molecule has 0 spiro atoms. The van der Waals surface area contributed by atoms with Crippen molar-refractivity contribution in [2.45, 2.75) is 24.7 Å². The molecule has 0 aliphatic carbocycles. The van der Waals surface area contributed by atoms with E-state index in [1.807, 2.05) is 0 Å². The normalized spacial score (nSPS) is 27.2. The highest BCUT2D eigenvalue weighted by Gasteiger charge is 2.38. The number of rotatable bonds is 0. The monoisotopic (exact) mass is 562 g/mol. The van der Waals surface area contributed by atoms with Crippen LogP contribution >= 0.6 is 0 Å². The molecule has 43 heavy (non-hydrogen) atoms. The number of amidine groups is 2. The van der Waals surface area contributed by atoms with Crippen LogP contribution in [0.15, 0.2) is 117 Å². The second kappa shape index (κ2) is 8.96. The van der Waals surface area contributed by atoms with Gasteiger partial charge >= 0.3 is 0 Å². The minimum atomic E-state index is -0.243. The molecule has 0 saturated heterocycles. The van der Waals surface area contributed by atoms with Gasteiger partial charge in [0.15, 0.2) is 12.3 Å². The molecule has 8 nitrogen and oxygen atoms in total. The first-order chi connectivity index (χ1) is 21.1. The largest absolute Gasteiger partial charge is 0.334 e. The number of benzene rings is 4. The molecule has 4 aromatic carbocycles. The predicted octanol–water partition coefficient (Wildman–Crippen LogP) is 4.51. The van der Waals surface area contributed by atoms with E-state index in [-0.39, 0.29) is 24.7 Å². The summed E-state index contributed by atoms with van der Waals surface area (Å²) in [5.74, 6) is 1.84. The molecule has 5 heterocycles. The molecule has 4 atom stereocenters. The van der Waals surface area contributed by atoms with Crippen LogP contribution in [0.2, 0.25) is 0 Å². The van der Waals surface area contributed by atoms with Crippen molar-refractivity contribution in [2.24, 2.45) is 27.0 Å². The SMILES string of the molecule is CN1/C2=N\C3NC(/N=C4/c5ccccc5C(/N=c5/c6ccccc6/c(n5C)=N/C1c1ccccc12)N4C)c1ccccc13. The third-order valence-electron chi connectivity index (χ3n) is 9.30. The molecule has 4 unspecified atom stereocenters. The number of aliphatic imine (C=N–C) groups is 2. The first kappa shape index (κ1) is 24.5. The van der Waals surface area contributed by atoms with Gasteiger partial charge in [-0.25, -0.2) is 20.0 Å². The van der Waals surface area contributed by atoms with Gasteiger partial charge in [-0.3, -0.25) is 5.32 Å². The second-order valence-electron chi connectivity index (χ2n) is 11.7. The van der Waals surface area contributed by atoms with Gasteiger partial charge in [-0.1, -0.05) is 97.1 Å². The van der Waals surface area contributed by atoms with E-state index in [0.29, 0.717) is 0 Å². The van der Waals surface area contributed by atoms with E-state index >= 15 is 0 Å². The highest BCUT2D eigenvalue weighted by molar-refractivity contribution is 6.04. The fraction of sp³-hybridized carbons (Fsp3) is 0.200. The third kappa shape index (κ3) is 3.41. The Balaban J connectivity index is 1.39. The van der Waals surface area contributed by atoms with Crippen LogP contribution in [-0.2, 0) is 7.05 Å². The third-order valence-corrected chi connectivity index (χ3v) is 9.30. The van der Waals surface area contributed by atoms with Crippen molar-refractivity contribution in [1.82, 2.24) is 19.7 Å². The molecule has 0 fully saturated rings. The summed E-state index contributed by atoms with van der Waals surface area (Å²) in [7, 11) is 6.27. The molecule has 9 rings (SSSR count). The first-order valence-corrected chi connectivity index (χ1v) is 14.7. The van der Waals surface area contributed by atoms with E-state index in [0.717, 1.165) is 66.8 Å². The Hall–Kier alpha value is -5.08. The maximum absolute atomic E-state index is 5.45. The summed E-state index contributed by atoms with van der Waals surface area (Å²) in [5, 5.41) is 5.92. The number of aromatic nitrogens is 1. The standard InChI is InChI=1S/C35H30N8/c1-41-30-22-14-6-8-16-24(22)32(41)39-34-26-18-10-11-19-27(26)35(43(34)3)40-33-25-17-9-7-15-23(25)31(42(33)2)38-29-21-13-5-4-12-20(21)28(36-29)37-30/h4-19,28-29,32-33,36H,1-3H3/b37-30-,38-31-,39-34-,40-35-. The van der Waals surface area contributed by atoms with Crippen LogP contribution in [-0.4, -0.2) is 40.1 Å². The Labute approximate surface area is 249 Å². The van der Waals surface area contributed by atoms with Gasteiger partial charge in [-0.05, 0) is 11.1 Å². The van der Waals surface area contributed by atoms with Crippen molar-refractivity contribution in [1.29, 1.82) is 0 Å². The van der Waals surface area contributed by atoms with E-state index in [4.69, 9.17) is 20.0 Å². The van der Waals surface area contributed by atoms with E-state index < -0.39 is 0 Å². The fourth-order valence-electron chi connectivity index (χ4n) is 7.19. The Morgan fingerprint density at radius 2 is 0.884 bits per heavy atom. The highest BCUT2D eigenvalue weighted by Crippen LogP contribution is 2.41. The lowest BCUT2D eigenvalue weighted by Gasteiger charge is -2.22. The average Bonchev–Trinajstić information content (AvgIpc) is 3.69. The Kier molecular flexibility index (Phi) is 5.11. The topological polar surface area (TPSA) is 72.9 Å². The molecule has 8 heteroatoms. The zero-order valence-electron chi connectivity index (χ0n) is 24.2. The summed E-state index contributed by atoms with van der Waals surface area (Å²) < 4.78 is 2.15. The van der Waals surface area contributed by atoms with Gasteiger partial charge < -0.3 is 14.4 Å². The summed E-state index contributed by atoms with van der Waals surface area (Å²) in [6, 6.07) is 33.9. The van der Waals surface area contributed by atoms with Crippen molar-refractivity contribution in [2.75, 3.05) is 14.1 Å². The molecule has 1 N–H and O–H groups in total. The van der Waals surface area contributed by atoms with Crippen LogP contribution in [0.25, 0.3) is 10.8 Å². The van der Waals surface area contributed by atoms with Crippen LogP contribution < -0.4 is 16.3 Å². The number of nitrogens with one attached hydrogen (secondary N) is 1. The van der Waals surface area contributed by atoms with Crippen molar-refractivity contribution >= 4 is 22.4 Å². The zero-order valence-corrected chi connectivity index (χ0v) is 24.2. The quantitative estimate of drug-likeness (QED) is 0.302. The van der Waals surface area contributed by atoms with E-state index in [1.165, 1.54) is 0 Å². The smallest absolute Gasteiger partial charge is 0.151 e. The predicted molar refractivity (Wildman–Crippen MR) is 167 cm³/mol. The molecular weight excluding hydrogens is 532 g/mol. The van der Waals surface area contributed by atoms with Crippen molar-refractivity contribution in [3.63, 3.8) is 0 Å². The minimum Gasteiger partial charge on any atom is -0.334 e.